The molecule has 4 aromatic rings. The van der Waals surface area contributed by atoms with E-state index >= 15 is 8.78 Å². The molecule has 32 heavy (non-hydrogen) atoms. The first-order valence-electron chi connectivity index (χ1n) is 9.44. The lowest BCUT2D eigenvalue weighted by Gasteiger charge is -2.21. The molecule has 0 aliphatic carbocycles. The van der Waals surface area contributed by atoms with Gasteiger partial charge < -0.3 is 0 Å². The fourth-order valence-electron chi connectivity index (χ4n) is 3.39. The van der Waals surface area contributed by atoms with Crippen LogP contribution in [0, 0.1) is 23.7 Å². The van der Waals surface area contributed by atoms with E-state index in [1.54, 1.807) is 36.5 Å². The summed E-state index contributed by atoms with van der Waals surface area (Å²) in [5.74, 6) is -5.24. The number of aryl methyl sites for hydroxylation is 1. The molecule has 0 aliphatic heterocycles. The molecule has 0 saturated carbocycles. The van der Waals surface area contributed by atoms with E-state index in [9.17, 15) is 4.48 Å². The van der Waals surface area contributed by atoms with Gasteiger partial charge in [0.1, 0.15) is 5.49 Å². The first kappa shape index (κ1) is 20.9. The lowest BCUT2D eigenvalue weighted by atomic mass is 9.98. The molecule has 0 amide bonds. The number of nitrogens with zero attached hydrogens (tertiary/aromatic N) is 5. The third-order valence-corrected chi connectivity index (χ3v) is 4.97. The van der Waals surface area contributed by atoms with E-state index in [0.29, 0.717) is 26.7 Å². The molecule has 1 N–H and O–H groups in total. The fourth-order valence-corrected chi connectivity index (χ4v) is 3.39. The number of nitriles is 1. The fraction of sp³-hybridized carbons (Fsp3) is 0.0870. The summed E-state index contributed by atoms with van der Waals surface area (Å²) < 4.78 is 45.3. The van der Waals surface area contributed by atoms with Crippen molar-refractivity contribution < 1.29 is 13.3 Å². The number of benzene rings is 2. The van der Waals surface area contributed by atoms with Crippen LogP contribution in [-0.2, 0) is 5.92 Å². The maximum atomic E-state index is 15.5. The highest BCUT2D eigenvalue weighted by atomic mass is 19.3. The molecule has 0 spiro atoms. The maximum absolute atomic E-state index is 15.5. The van der Waals surface area contributed by atoms with Gasteiger partial charge in [0.05, 0.1) is 22.8 Å². The summed E-state index contributed by atoms with van der Waals surface area (Å²) in [7, 11) is 0. The molecule has 0 atom stereocenters. The number of halogens is 3. The summed E-state index contributed by atoms with van der Waals surface area (Å²) in [6, 6.07) is 16.9. The Hall–Kier alpha value is -4.32. The van der Waals surface area contributed by atoms with Gasteiger partial charge in [0.15, 0.2) is 0 Å². The van der Waals surface area contributed by atoms with E-state index in [4.69, 9.17) is 10.7 Å². The van der Waals surface area contributed by atoms with Crippen LogP contribution in [0.1, 0.15) is 16.7 Å². The normalized spacial score (nSPS) is 12.0. The average molecular weight is 432 g/mol. The van der Waals surface area contributed by atoms with E-state index in [1.165, 1.54) is 37.3 Å². The zero-order chi connectivity index (χ0) is 22.9. The molecule has 2 aromatic heterocycles. The Morgan fingerprint density at radius 1 is 1.12 bits per heavy atom. The van der Waals surface area contributed by atoms with Gasteiger partial charge in [-0.05, 0) is 55.0 Å². The predicted molar refractivity (Wildman–Crippen MR) is 113 cm³/mol. The third kappa shape index (κ3) is 3.63. The standard InChI is InChI=1S/C23H15F3N6/c1-14-10-20-17(6-3-9-29-20)12-18(14)23(24,25)22(30-26)32-21(28)8-7-19(31-32)16-5-2-4-15(11-16)13-27/h2-12,28H,1H3/b28-21?,30-22+. The molecule has 0 bridgehead atoms. The molecule has 4 rings (SSSR count). The van der Waals surface area contributed by atoms with Gasteiger partial charge >= 0.3 is 5.92 Å². The molecule has 158 valence electrons. The van der Waals surface area contributed by atoms with E-state index in [2.05, 4.69) is 15.3 Å². The molecular weight excluding hydrogens is 417 g/mol. The van der Waals surface area contributed by atoms with Gasteiger partial charge in [-0.25, -0.2) is 0 Å². The van der Waals surface area contributed by atoms with Gasteiger partial charge in [-0.2, -0.15) is 23.8 Å². The molecule has 2 aromatic carbocycles. The highest BCUT2D eigenvalue weighted by molar-refractivity contribution is 5.93. The van der Waals surface area contributed by atoms with Crippen molar-refractivity contribution in [3.63, 3.8) is 0 Å². The van der Waals surface area contributed by atoms with Gasteiger partial charge in [-0.1, -0.05) is 27.9 Å². The Morgan fingerprint density at radius 2 is 1.94 bits per heavy atom. The third-order valence-electron chi connectivity index (χ3n) is 4.97. The minimum atomic E-state index is -3.90. The zero-order valence-electron chi connectivity index (χ0n) is 16.7. The first-order valence-corrected chi connectivity index (χ1v) is 9.44. The molecule has 2 heterocycles. The van der Waals surface area contributed by atoms with Crippen molar-refractivity contribution in [2.45, 2.75) is 12.8 Å². The largest absolute Gasteiger partial charge is 0.334 e. The summed E-state index contributed by atoms with van der Waals surface area (Å²) >= 11 is 0. The number of rotatable bonds is 3. The van der Waals surface area contributed by atoms with E-state index in [0.717, 1.165) is 0 Å². The Balaban J connectivity index is 1.86. The SMILES string of the molecule is Cc1cc2ncccc2cc1C(F)(F)/C(=N\F)n1nc(-c2cccc(C#N)c2)ccc1=N. The molecule has 0 saturated heterocycles. The quantitative estimate of drug-likeness (QED) is 0.376. The Morgan fingerprint density at radius 3 is 2.69 bits per heavy atom. The van der Waals surface area contributed by atoms with Gasteiger partial charge in [-0.15, -0.1) is 0 Å². The minimum Gasteiger partial charge on any atom is -0.283 e. The first-order chi connectivity index (χ1) is 15.3. The number of alkyl halides is 2. The number of hydrogen-bond donors (Lipinski definition) is 1. The number of fused-ring (bicyclic) bond motifs is 1. The molecule has 0 radical (unpaired) electrons. The Kier molecular flexibility index (Phi) is 5.28. The summed E-state index contributed by atoms with van der Waals surface area (Å²) in [6.45, 7) is 1.47. The molecule has 0 fully saturated rings. The highest BCUT2D eigenvalue weighted by Gasteiger charge is 2.43. The van der Waals surface area contributed by atoms with Crippen LogP contribution < -0.4 is 5.49 Å². The topological polar surface area (TPSA) is 90.7 Å². The lowest BCUT2D eigenvalue weighted by Crippen LogP contribution is -2.40. The summed E-state index contributed by atoms with van der Waals surface area (Å²) in [5.41, 5.74) is 0.723. The predicted octanol–water partition coefficient (Wildman–Crippen LogP) is 4.68. The van der Waals surface area contributed by atoms with Crippen LogP contribution in [0.3, 0.4) is 0 Å². The van der Waals surface area contributed by atoms with Gasteiger partial charge in [0.25, 0.3) is 0 Å². The molecule has 0 unspecified atom stereocenters. The van der Waals surface area contributed by atoms with Gasteiger partial charge in [-0.3, -0.25) is 10.4 Å². The molecule has 0 aliphatic rings. The van der Waals surface area contributed by atoms with Crippen LogP contribution >= 0.6 is 0 Å². The van der Waals surface area contributed by atoms with Crippen LogP contribution in [0.25, 0.3) is 22.2 Å². The smallest absolute Gasteiger partial charge is 0.283 e. The summed E-state index contributed by atoms with van der Waals surface area (Å²) in [4.78, 5) is 4.14. The summed E-state index contributed by atoms with van der Waals surface area (Å²) in [5, 5.41) is 23.9. The second-order valence-electron chi connectivity index (χ2n) is 7.05. The average Bonchev–Trinajstić information content (AvgIpc) is 2.80. The summed E-state index contributed by atoms with van der Waals surface area (Å²) in [6.07, 6.45) is 1.55. The number of aromatic nitrogens is 3. The van der Waals surface area contributed by atoms with Gasteiger partial charge in [0.2, 0.25) is 5.84 Å². The molecule has 9 heteroatoms. The van der Waals surface area contributed by atoms with Crippen molar-refractivity contribution in [3.05, 3.63) is 89.0 Å². The van der Waals surface area contributed by atoms with Crippen molar-refractivity contribution >= 4 is 16.7 Å². The van der Waals surface area contributed by atoms with E-state index in [-0.39, 0.29) is 11.3 Å². The van der Waals surface area contributed by atoms with Crippen LogP contribution in [0.15, 0.2) is 72.1 Å². The minimum absolute atomic E-state index is 0.175. The van der Waals surface area contributed by atoms with Gasteiger partial charge in [0, 0.05) is 22.7 Å². The van der Waals surface area contributed by atoms with Crippen molar-refractivity contribution in [2.24, 2.45) is 5.21 Å². The van der Waals surface area contributed by atoms with Crippen molar-refractivity contribution in [3.8, 4) is 17.3 Å². The molecular formula is C23H15F3N6. The Labute approximate surface area is 180 Å². The Bertz CT molecular complexity index is 1470. The van der Waals surface area contributed by atoms with Crippen LogP contribution in [0.5, 0.6) is 0 Å². The van der Waals surface area contributed by atoms with Crippen molar-refractivity contribution in [1.82, 2.24) is 14.8 Å². The monoisotopic (exact) mass is 432 g/mol. The highest BCUT2D eigenvalue weighted by Crippen LogP contribution is 2.35. The molecule has 6 nitrogen and oxygen atoms in total. The number of hydrogen-bond acceptors (Lipinski definition) is 5. The number of nitrogens with one attached hydrogen (secondary N) is 1. The van der Waals surface area contributed by atoms with Crippen molar-refractivity contribution in [2.75, 3.05) is 0 Å². The van der Waals surface area contributed by atoms with Crippen LogP contribution in [-0.4, -0.2) is 20.6 Å². The lowest BCUT2D eigenvalue weighted by molar-refractivity contribution is 0.0678. The van der Waals surface area contributed by atoms with Crippen LogP contribution in [0.4, 0.5) is 13.3 Å². The van der Waals surface area contributed by atoms with Crippen LogP contribution in [0.2, 0.25) is 0 Å². The number of pyridine rings is 1. The maximum Gasteiger partial charge on any atom is 0.334 e. The van der Waals surface area contributed by atoms with Crippen molar-refractivity contribution in [1.29, 1.82) is 10.7 Å². The second kappa shape index (κ2) is 8.07. The second-order valence-corrected chi connectivity index (χ2v) is 7.05. The van der Waals surface area contributed by atoms with E-state index < -0.39 is 22.8 Å². The van der Waals surface area contributed by atoms with E-state index in [1.807, 2.05) is 6.07 Å². The zero-order valence-corrected chi connectivity index (χ0v) is 16.7.